The minimum absolute atomic E-state index is 0.167. The van der Waals surface area contributed by atoms with E-state index >= 15 is 0 Å². The van der Waals surface area contributed by atoms with E-state index in [1.54, 1.807) is 6.92 Å². The highest BCUT2D eigenvalue weighted by Gasteiger charge is 2.13. The fourth-order valence-electron chi connectivity index (χ4n) is 1.49. The second kappa shape index (κ2) is 6.95. The fraction of sp³-hybridized carbons (Fsp3) is 0.545. The number of nitrogens with zero attached hydrogens (tertiary/aromatic N) is 1. The van der Waals surface area contributed by atoms with Crippen LogP contribution in [-0.4, -0.2) is 28.5 Å². The Morgan fingerprint density at radius 1 is 1.39 bits per heavy atom. The summed E-state index contributed by atoms with van der Waals surface area (Å²) >= 11 is 1.17. The number of anilines is 1. The van der Waals surface area contributed by atoms with Gasteiger partial charge in [0.05, 0.1) is 5.69 Å². The smallest absolute Gasteiger partial charge is 0.303 e. The Bertz CT molecular complexity index is 431. The minimum atomic E-state index is -0.783. The molecule has 0 radical (unpaired) electrons. The molecule has 0 aliphatic heterocycles. The summed E-state index contributed by atoms with van der Waals surface area (Å²) in [4.78, 5) is 26.5. The third-order valence-corrected chi connectivity index (χ3v) is 3.36. The number of unbranched alkanes of at least 4 members (excludes halogenated alkanes) is 2. The number of thiazole rings is 1. The normalized spacial score (nSPS) is 10.3. The van der Waals surface area contributed by atoms with Gasteiger partial charge in [0.25, 0.3) is 5.91 Å². The number of nitrogens with one attached hydrogen (secondary N) is 1. The fourth-order valence-corrected chi connectivity index (χ4v) is 2.24. The number of carbonyl (C=O) groups is 2. The van der Waals surface area contributed by atoms with Crippen LogP contribution in [0.1, 0.15) is 41.0 Å². The van der Waals surface area contributed by atoms with Gasteiger partial charge in [0.1, 0.15) is 4.88 Å². The molecule has 0 unspecified atom stereocenters. The summed E-state index contributed by atoms with van der Waals surface area (Å²) in [6.45, 7) is 2.28. The molecule has 7 heteroatoms. The maximum Gasteiger partial charge on any atom is 0.303 e. The minimum Gasteiger partial charge on any atom is -0.481 e. The van der Waals surface area contributed by atoms with Gasteiger partial charge in [0.15, 0.2) is 5.13 Å². The van der Waals surface area contributed by atoms with Gasteiger partial charge in [-0.25, -0.2) is 4.98 Å². The van der Waals surface area contributed by atoms with E-state index in [-0.39, 0.29) is 12.3 Å². The molecule has 0 aliphatic carbocycles. The lowest BCUT2D eigenvalue weighted by Crippen LogP contribution is -2.24. The molecule has 0 aromatic carbocycles. The Morgan fingerprint density at radius 2 is 2.11 bits per heavy atom. The molecule has 0 fully saturated rings. The number of hydrogen-bond donors (Lipinski definition) is 3. The summed E-state index contributed by atoms with van der Waals surface area (Å²) in [5.74, 6) is -0.949. The standard InChI is InChI=1S/C11H17N3O3S/c1-7-9(18-11(12)14-7)10(17)13-6-4-2-3-5-8(15)16/h2-6H2,1H3,(H2,12,14)(H,13,17)(H,15,16). The first-order chi connectivity index (χ1) is 8.50. The van der Waals surface area contributed by atoms with Gasteiger partial charge < -0.3 is 16.2 Å². The van der Waals surface area contributed by atoms with Gasteiger partial charge in [-0.1, -0.05) is 17.8 Å². The van der Waals surface area contributed by atoms with Crippen LogP contribution in [0.15, 0.2) is 0 Å². The summed E-state index contributed by atoms with van der Waals surface area (Å²) in [6.07, 6.45) is 2.37. The highest BCUT2D eigenvalue weighted by molar-refractivity contribution is 7.17. The third kappa shape index (κ3) is 4.70. The predicted octanol–water partition coefficient (Wildman–Crippen LogP) is 1.41. The van der Waals surface area contributed by atoms with Crippen molar-refractivity contribution in [2.45, 2.75) is 32.6 Å². The Hall–Kier alpha value is -1.63. The summed E-state index contributed by atoms with van der Waals surface area (Å²) in [5.41, 5.74) is 6.15. The lowest BCUT2D eigenvalue weighted by Gasteiger charge is -2.03. The Labute approximate surface area is 109 Å². The van der Waals surface area contributed by atoms with Crippen LogP contribution in [0.3, 0.4) is 0 Å². The van der Waals surface area contributed by atoms with Crippen molar-refractivity contribution in [2.24, 2.45) is 0 Å². The second-order valence-corrected chi connectivity index (χ2v) is 4.96. The Balaban J connectivity index is 2.22. The van der Waals surface area contributed by atoms with E-state index in [2.05, 4.69) is 10.3 Å². The molecule has 100 valence electrons. The van der Waals surface area contributed by atoms with Crippen LogP contribution in [-0.2, 0) is 4.79 Å². The van der Waals surface area contributed by atoms with Crippen molar-refractivity contribution in [2.75, 3.05) is 12.3 Å². The molecule has 1 aromatic heterocycles. The van der Waals surface area contributed by atoms with Crippen molar-refractivity contribution in [1.82, 2.24) is 10.3 Å². The Kier molecular flexibility index (Phi) is 5.57. The number of amides is 1. The largest absolute Gasteiger partial charge is 0.481 e. The summed E-state index contributed by atoms with van der Waals surface area (Å²) in [5, 5.41) is 11.6. The lowest BCUT2D eigenvalue weighted by molar-refractivity contribution is -0.137. The van der Waals surface area contributed by atoms with Crippen LogP contribution in [0.25, 0.3) is 0 Å². The van der Waals surface area contributed by atoms with Crippen LogP contribution in [0.5, 0.6) is 0 Å². The molecule has 1 amide bonds. The molecule has 1 aromatic rings. The first-order valence-electron chi connectivity index (χ1n) is 5.73. The molecular formula is C11H17N3O3S. The first-order valence-corrected chi connectivity index (χ1v) is 6.55. The summed E-state index contributed by atoms with van der Waals surface area (Å²) in [7, 11) is 0. The Morgan fingerprint density at radius 3 is 2.67 bits per heavy atom. The third-order valence-electron chi connectivity index (χ3n) is 2.37. The highest BCUT2D eigenvalue weighted by Crippen LogP contribution is 2.19. The van der Waals surface area contributed by atoms with Crippen LogP contribution >= 0.6 is 11.3 Å². The van der Waals surface area contributed by atoms with E-state index in [0.717, 1.165) is 12.8 Å². The predicted molar refractivity (Wildman–Crippen MR) is 69.7 cm³/mol. The molecule has 1 heterocycles. The quantitative estimate of drug-likeness (QED) is 0.650. The maximum atomic E-state index is 11.7. The maximum absolute atomic E-state index is 11.7. The average Bonchev–Trinajstić information content (AvgIpc) is 2.62. The number of nitrogens with two attached hydrogens (primary N) is 1. The van der Waals surface area contributed by atoms with Crippen molar-refractivity contribution in [1.29, 1.82) is 0 Å². The molecule has 0 saturated carbocycles. The lowest BCUT2D eigenvalue weighted by atomic mass is 10.2. The van der Waals surface area contributed by atoms with Crippen LogP contribution in [0, 0.1) is 6.92 Å². The van der Waals surface area contributed by atoms with Crippen molar-refractivity contribution >= 4 is 28.3 Å². The van der Waals surface area contributed by atoms with Gasteiger partial charge >= 0.3 is 5.97 Å². The van der Waals surface area contributed by atoms with E-state index in [9.17, 15) is 9.59 Å². The number of carboxylic acid groups (broad SMARTS) is 1. The number of nitrogen functional groups attached to an aromatic ring is 1. The van der Waals surface area contributed by atoms with E-state index in [1.165, 1.54) is 11.3 Å². The molecule has 6 nitrogen and oxygen atoms in total. The zero-order valence-electron chi connectivity index (χ0n) is 10.2. The average molecular weight is 271 g/mol. The van der Waals surface area contributed by atoms with E-state index in [4.69, 9.17) is 10.8 Å². The van der Waals surface area contributed by atoms with E-state index in [1.807, 2.05) is 0 Å². The summed E-state index contributed by atoms with van der Waals surface area (Å²) in [6, 6.07) is 0. The highest BCUT2D eigenvalue weighted by atomic mass is 32.1. The zero-order valence-corrected chi connectivity index (χ0v) is 11.0. The van der Waals surface area contributed by atoms with Gasteiger partial charge in [-0.15, -0.1) is 0 Å². The molecule has 0 saturated heterocycles. The number of carbonyl (C=O) groups excluding carboxylic acids is 1. The number of aliphatic carboxylic acids is 1. The molecule has 0 aliphatic rings. The monoisotopic (exact) mass is 271 g/mol. The van der Waals surface area contributed by atoms with Crippen molar-refractivity contribution < 1.29 is 14.7 Å². The number of hydrogen-bond acceptors (Lipinski definition) is 5. The molecule has 0 bridgehead atoms. The van der Waals surface area contributed by atoms with E-state index in [0.29, 0.717) is 28.7 Å². The molecule has 4 N–H and O–H groups in total. The number of carboxylic acids is 1. The van der Waals surface area contributed by atoms with Gasteiger partial charge in [0.2, 0.25) is 0 Å². The first kappa shape index (κ1) is 14.4. The summed E-state index contributed by atoms with van der Waals surface area (Å²) < 4.78 is 0. The van der Waals surface area contributed by atoms with Crippen LogP contribution in [0.4, 0.5) is 5.13 Å². The van der Waals surface area contributed by atoms with Gasteiger partial charge in [-0.2, -0.15) is 0 Å². The number of rotatable bonds is 7. The van der Waals surface area contributed by atoms with Crippen LogP contribution < -0.4 is 11.1 Å². The van der Waals surface area contributed by atoms with Crippen LogP contribution in [0.2, 0.25) is 0 Å². The van der Waals surface area contributed by atoms with Crippen molar-refractivity contribution in [3.63, 3.8) is 0 Å². The molecule has 0 atom stereocenters. The molecular weight excluding hydrogens is 254 g/mol. The second-order valence-electron chi connectivity index (χ2n) is 3.93. The van der Waals surface area contributed by atoms with Gasteiger partial charge in [0, 0.05) is 13.0 Å². The van der Waals surface area contributed by atoms with Crippen molar-refractivity contribution in [3.8, 4) is 0 Å². The number of aryl methyl sites for hydroxylation is 1. The number of aromatic nitrogens is 1. The molecule has 0 spiro atoms. The SMILES string of the molecule is Cc1nc(N)sc1C(=O)NCCCCCC(=O)O. The topological polar surface area (TPSA) is 105 Å². The van der Waals surface area contributed by atoms with E-state index < -0.39 is 5.97 Å². The van der Waals surface area contributed by atoms with Gasteiger partial charge in [-0.05, 0) is 19.8 Å². The zero-order chi connectivity index (χ0) is 13.5. The van der Waals surface area contributed by atoms with Gasteiger partial charge in [-0.3, -0.25) is 9.59 Å². The van der Waals surface area contributed by atoms with Crippen molar-refractivity contribution in [3.05, 3.63) is 10.6 Å². The molecule has 1 rings (SSSR count). The molecule has 18 heavy (non-hydrogen) atoms.